The zero-order chi connectivity index (χ0) is 32.3. The molecule has 0 spiro atoms. The summed E-state index contributed by atoms with van der Waals surface area (Å²) in [6.07, 6.45) is 5.62. The van der Waals surface area contributed by atoms with Crippen LogP contribution in [0.25, 0.3) is 0 Å². The Balaban J connectivity index is 0.000000436. The largest absolute Gasteiger partial charge is 0.348 e. The third-order valence-corrected chi connectivity index (χ3v) is 11.1. The van der Waals surface area contributed by atoms with Gasteiger partial charge in [-0.1, -0.05) is 13.8 Å². The summed E-state index contributed by atoms with van der Waals surface area (Å²) in [6, 6.07) is 6.90. The van der Waals surface area contributed by atoms with Crippen LogP contribution in [0, 0.1) is 23.1 Å². The second-order valence-electron chi connectivity index (χ2n) is 12.8. The lowest BCUT2D eigenvalue weighted by molar-refractivity contribution is -0.130. The fourth-order valence-electron chi connectivity index (χ4n) is 7.11. The van der Waals surface area contributed by atoms with Gasteiger partial charge in [0.1, 0.15) is 11.6 Å². The topological polar surface area (TPSA) is 80.1 Å². The monoisotopic (exact) mass is 667 g/mol. The van der Waals surface area contributed by atoms with E-state index in [1.165, 1.54) is 18.2 Å². The Morgan fingerprint density at radius 3 is 2.18 bits per heavy atom. The van der Waals surface area contributed by atoms with E-state index in [4.69, 9.17) is 0 Å². The first-order chi connectivity index (χ1) is 21.4. The van der Waals surface area contributed by atoms with Gasteiger partial charge in [0.25, 0.3) is 0 Å². The first-order valence-electron chi connectivity index (χ1n) is 15.7. The highest BCUT2D eigenvalue weighted by atomic mass is 32.1. The molecule has 3 aromatic heterocycles. The zero-order valence-electron chi connectivity index (χ0n) is 25.9. The van der Waals surface area contributed by atoms with Gasteiger partial charge in [-0.05, 0) is 76.1 Å². The number of aromatic nitrogens is 3. The number of fused-ring (bicyclic) bond motifs is 2. The van der Waals surface area contributed by atoms with Crippen LogP contribution in [0.4, 0.5) is 17.6 Å². The molecule has 3 aliphatic rings. The van der Waals surface area contributed by atoms with Crippen LogP contribution in [0.1, 0.15) is 116 Å². The van der Waals surface area contributed by atoms with Crippen LogP contribution in [0.2, 0.25) is 0 Å². The summed E-state index contributed by atoms with van der Waals surface area (Å²) in [4.78, 5) is 26.7. The molecule has 5 heterocycles. The van der Waals surface area contributed by atoms with Crippen molar-refractivity contribution in [1.29, 1.82) is 0 Å². The van der Waals surface area contributed by atoms with Crippen molar-refractivity contribution in [2.75, 3.05) is 6.54 Å². The molecule has 6 rings (SSSR count). The second kappa shape index (κ2) is 14.4. The lowest BCUT2D eigenvalue weighted by atomic mass is 9.86. The molecule has 7 nitrogen and oxygen atoms in total. The van der Waals surface area contributed by atoms with Crippen molar-refractivity contribution in [2.45, 2.75) is 115 Å². The average Bonchev–Trinajstić information content (AvgIpc) is 3.77. The summed E-state index contributed by atoms with van der Waals surface area (Å²) in [6.45, 7) is 7.16. The van der Waals surface area contributed by atoms with Gasteiger partial charge in [0.05, 0.1) is 10.9 Å². The van der Waals surface area contributed by atoms with E-state index in [0.29, 0.717) is 41.6 Å². The fraction of sp³-hybridized carbons (Fsp3) is 0.625. The standard InChI is InChI=1S/C27H38F3N5OS.C5H3FOS/c1-16(2)25-33-32-17(3)35(25)21-14-19-4-5-20(15-21)34(19)13-10-22(23-6-7-24(28)37-23)31-26(36)18-8-11-27(29,30)12-9-18;6-5-2-1-4(3-7)8-5/h6-7,16,18-22H,4-5,8-15H2,1-3H3,(H,31,36);1-3H/t19?,20?,21?,22-;/m0./s1. The number of carbonyl (C=O) groups excluding carboxylic acids is 2. The van der Waals surface area contributed by atoms with Crippen molar-refractivity contribution in [2.24, 2.45) is 5.92 Å². The molecule has 3 atom stereocenters. The number of rotatable bonds is 9. The van der Waals surface area contributed by atoms with Gasteiger partial charge in [0, 0.05) is 54.2 Å². The molecule has 3 aromatic rings. The second-order valence-corrected chi connectivity index (χ2v) is 14.9. The number of alkyl halides is 2. The molecule has 2 unspecified atom stereocenters. The number of thiophene rings is 2. The van der Waals surface area contributed by atoms with Crippen molar-refractivity contribution in [3.63, 3.8) is 0 Å². The van der Waals surface area contributed by atoms with E-state index in [1.807, 2.05) is 6.92 Å². The Morgan fingerprint density at radius 2 is 1.64 bits per heavy atom. The molecule has 1 N–H and O–H groups in total. The first-order valence-corrected chi connectivity index (χ1v) is 17.4. The molecule has 2 saturated heterocycles. The SMILES string of the molecule is Cc1nnc(C(C)C)n1C1CC2CCC(C1)N2CC[C@H](NC(=O)C1CCC(F)(F)CC1)c1ccc(F)s1.O=Cc1ccc(F)s1. The number of hydrogen-bond donors (Lipinski definition) is 1. The molecule has 1 saturated carbocycles. The maximum absolute atomic E-state index is 13.9. The minimum atomic E-state index is -2.67. The minimum absolute atomic E-state index is 0.180. The van der Waals surface area contributed by atoms with E-state index < -0.39 is 11.8 Å². The van der Waals surface area contributed by atoms with Gasteiger partial charge in [-0.3, -0.25) is 14.5 Å². The highest BCUT2D eigenvalue weighted by Gasteiger charge is 2.43. The van der Waals surface area contributed by atoms with Gasteiger partial charge >= 0.3 is 0 Å². The molecule has 45 heavy (non-hydrogen) atoms. The fourth-order valence-corrected chi connectivity index (χ4v) is 8.48. The van der Waals surface area contributed by atoms with Crippen molar-refractivity contribution in [1.82, 2.24) is 25.0 Å². The number of carbonyl (C=O) groups is 2. The lowest BCUT2D eigenvalue weighted by Crippen LogP contribution is -2.45. The summed E-state index contributed by atoms with van der Waals surface area (Å²) in [5.41, 5.74) is 0. The number of hydrogen-bond acceptors (Lipinski definition) is 7. The normalized spacial score (nSPS) is 23.9. The van der Waals surface area contributed by atoms with Gasteiger partial charge < -0.3 is 9.88 Å². The summed E-state index contributed by atoms with van der Waals surface area (Å²) in [7, 11) is 0. The van der Waals surface area contributed by atoms with Gasteiger partial charge in [-0.25, -0.2) is 8.78 Å². The number of nitrogens with one attached hydrogen (secondary N) is 1. The smallest absolute Gasteiger partial charge is 0.248 e. The molecule has 1 aliphatic carbocycles. The third-order valence-electron chi connectivity index (χ3n) is 9.36. The van der Waals surface area contributed by atoms with E-state index in [0.717, 1.165) is 71.4 Å². The Labute approximate surface area is 269 Å². The molecule has 2 bridgehead atoms. The molecule has 0 radical (unpaired) electrons. The van der Waals surface area contributed by atoms with Crippen molar-refractivity contribution >= 4 is 34.9 Å². The van der Waals surface area contributed by atoms with Crippen LogP contribution in [0.5, 0.6) is 0 Å². The average molecular weight is 668 g/mol. The van der Waals surface area contributed by atoms with Crippen LogP contribution in [0.15, 0.2) is 24.3 Å². The predicted molar refractivity (Wildman–Crippen MR) is 167 cm³/mol. The summed E-state index contributed by atoms with van der Waals surface area (Å²) in [5.74, 6) is -0.897. The number of piperidine rings is 1. The third kappa shape index (κ3) is 8.21. The van der Waals surface area contributed by atoms with Crippen molar-refractivity contribution in [3.05, 3.63) is 55.9 Å². The Bertz CT molecular complexity index is 1430. The van der Waals surface area contributed by atoms with Crippen LogP contribution in [0.3, 0.4) is 0 Å². The lowest BCUT2D eigenvalue weighted by Gasteiger charge is -2.40. The summed E-state index contributed by atoms with van der Waals surface area (Å²) in [5, 5.41) is 11.3. The Kier molecular flexibility index (Phi) is 10.8. The van der Waals surface area contributed by atoms with Gasteiger partial charge in [-0.2, -0.15) is 8.78 Å². The Hall–Kier alpha value is -2.64. The predicted octanol–water partition coefficient (Wildman–Crippen LogP) is 7.85. The van der Waals surface area contributed by atoms with E-state index in [2.05, 4.69) is 38.8 Å². The maximum Gasteiger partial charge on any atom is 0.248 e. The molecule has 2 aliphatic heterocycles. The van der Waals surface area contributed by atoms with Crippen LogP contribution in [-0.4, -0.2) is 56.4 Å². The van der Waals surface area contributed by atoms with Gasteiger partial charge in [-0.15, -0.1) is 32.9 Å². The molecule has 1 amide bonds. The maximum atomic E-state index is 13.9. The van der Waals surface area contributed by atoms with E-state index in [-0.39, 0.29) is 47.9 Å². The number of halogens is 4. The highest BCUT2D eigenvalue weighted by molar-refractivity contribution is 7.12. The van der Waals surface area contributed by atoms with E-state index >= 15 is 0 Å². The Morgan fingerprint density at radius 1 is 1.00 bits per heavy atom. The molecule has 3 fully saturated rings. The van der Waals surface area contributed by atoms with Gasteiger partial charge in [0.15, 0.2) is 16.5 Å². The van der Waals surface area contributed by atoms with Gasteiger partial charge in [0.2, 0.25) is 11.8 Å². The minimum Gasteiger partial charge on any atom is -0.348 e. The molecule has 0 aromatic carbocycles. The van der Waals surface area contributed by atoms with Crippen LogP contribution >= 0.6 is 22.7 Å². The van der Waals surface area contributed by atoms with Crippen molar-refractivity contribution in [3.8, 4) is 0 Å². The highest BCUT2D eigenvalue weighted by Crippen LogP contribution is 2.43. The van der Waals surface area contributed by atoms with Crippen LogP contribution in [-0.2, 0) is 4.79 Å². The van der Waals surface area contributed by atoms with Crippen molar-refractivity contribution < 1.29 is 27.2 Å². The molecule has 246 valence electrons. The number of aryl methyl sites for hydroxylation is 1. The summed E-state index contributed by atoms with van der Waals surface area (Å²) < 4.78 is 55.4. The molecule has 13 heteroatoms. The quantitative estimate of drug-likeness (QED) is 0.186. The van der Waals surface area contributed by atoms with E-state index in [1.54, 1.807) is 6.07 Å². The molecular weight excluding hydrogens is 627 g/mol. The number of nitrogens with zero attached hydrogens (tertiary/aromatic N) is 4. The molecular formula is C32H41F4N5O2S2. The van der Waals surface area contributed by atoms with E-state index in [9.17, 15) is 27.2 Å². The first kappa shape index (κ1) is 33.7. The number of amides is 1. The zero-order valence-corrected chi connectivity index (χ0v) is 27.5. The summed E-state index contributed by atoms with van der Waals surface area (Å²) >= 11 is 1.91. The van der Waals surface area contributed by atoms with Crippen LogP contribution < -0.4 is 5.32 Å². The number of aldehydes is 1.